The van der Waals surface area contributed by atoms with Crippen LogP contribution in [0, 0.1) is 11.3 Å². The Morgan fingerprint density at radius 3 is 3.05 bits per heavy atom. The standard InChI is InChI=1S/C17H23NO2S/c19-14(4-3-12-6-10-21-11-12)18-15-13-5-9-20-16(13)17(15)7-1-2-8-17/h6,10-11,13,15-16H,1-5,7-9H2,(H,18,19)/t13-,15-,16+/m1/s1. The van der Waals surface area contributed by atoms with Crippen LogP contribution in [0.5, 0.6) is 0 Å². The van der Waals surface area contributed by atoms with Crippen LogP contribution in [0.15, 0.2) is 16.8 Å². The third-order valence-electron chi connectivity index (χ3n) is 5.82. The molecule has 1 aromatic heterocycles. The maximum absolute atomic E-state index is 12.3. The number of nitrogens with one attached hydrogen (secondary N) is 1. The maximum Gasteiger partial charge on any atom is 0.220 e. The average Bonchev–Trinajstić information content (AvgIpc) is 3.22. The Balaban J connectivity index is 1.38. The molecule has 1 saturated heterocycles. The quantitative estimate of drug-likeness (QED) is 0.928. The van der Waals surface area contributed by atoms with Crippen molar-refractivity contribution in [2.75, 3.05) is 6.61 Å². The van der Waals surface area contributed by atoms with E-state index in [2.05, 4.69) is 22.1 Å². The van der Waals surface area contributed by atoms with Crippen LogP contribution in [0.3, 0.4) is 0 Å². The summed E-state index contributed by atoms with van der Waals surface area (Å²) in [7, 11) is 0. The Bertz CT molecular complexity index is 507. The minimum absolute atomic E-state index is 0.225. The van der Waals surface area contributed by atoms with Gasteiger partial charge in [0.25, 0.3) is 0 Å². The Morgan fingerprint density at radius 1 is 1.43 bits per heavy atom. The number of ether oxygens (including phenoxy) is 1. The van der Waals surface area contributed by atoms with Gasteiger partial charge in [0.1, 0.15) is 0 Å². The number of amides is 1. The van der Waals surface area contributed by atoms with Crippen LogP contribution >= 0.6 is 11.3 Å². The number of rotatable bonds is 4. The first kappa shape index (κ1) is 13.8. The lowest BCUT2D eigenvalue weighted by atomic mass is 9.54. The first-order valence-electron chi connectivity index (χ1n) is 8.22. The van der Waals surface area contributed by atoms with Crippen LogP contribution < -0.4 is 5.32 Å². The van der Waals surface area contributed by atoms with E-state index in [-0.39, 0.29) is 11.3 Å². The Labute approximate surface area is 130 Å². The van der Waals surface area contributed by atoms with Crippen LogP contribution in [-0.2, 0) is 16.0 Å². The summed E-state index contributed by atoms with van der Waals surface area (Å²) < 4.78 is 5.97. The number of carbonyl (C=O) groups is 1. The van der Waals surface area contributed by atoms with Crippen LogP contribution in [0.1, 0.15) is 44.1 Å². The molecule has 3 fully saturated rings. The van der Waals surface area contributed by atoms with E-state index in [1.807, 2.05) is 0 Å². The average molecular weight is 305 g/mol. The zero-order chi connectivity index (χ0) is 14.3. The molecule has 114 valence electrons. The van der Waals surface area contributed by atoms with Crippen LogP contribution in [0.2, 0.25) is 0 Å². The first-order chi connectivity index (χ1) is 10.3. The second-order valence-corrected chi connectivity index (χ2v) is 7.64. The van der Waals surface area contributed by atoms with E-state index in [4.69, 9.17) is 4.74 Å². The molecule has 4 rings (SSSR count). The van der Waals surface area contributed by atoms with E-state index in [1.54, 1.807) is 11.3 Å². The van der Waals surface area contributed by atoms with Crippen LogP contribution in [-0.4, -0.2) is 24.7 Å². The summed E-state index contributed by atoms with van der Waals surface area (Å²) in [5.41, 5.74) is 1.56. The lowest BCUT2D eigenvalue weighted by Gasteiger charge is -2.56. The fourth-order valence-corrected chi connectivity index (χ4v) is 5.55. The van der Waals surface area contributed by atoms with Gasteiger partial charge in [0.05, 0.1) is 6.10 Å². The van der Waals surface area contributed by atoms with Crippen molar-refractivity contribution < 1.29 is 9.53 Å². The van der Waals surface area contributed by atoms with E-state index >= 15 is 0 Å². The zero-order valence-electron chi connectivity index (χ0n) is 12.3. The third kappa shape index (κ3) is 2.23. The number of fused-ring (bicyclic) bond motifs is 2. The van der Waals surface area contributed by atoms with Crippen molar-refractivity contribution in [2.45, 2.75) is 57.1 Å². The van der Waals surface area contributed by atoms with Gasteiger partial charge in [0.15, 0.2) is 0 Å². The molecule has 1 amide bonds. The van der Waals surface area contributed by atoms with Crippen molar-refractivity contribution in [3.8, 4) is 0 Å². The molecule has 2 aliphatic carbocycles. The number of aryl methyl sites for hydroxylation is 1. The van der Waals surface area contributed by atoms with Gasteiger partial charge in [-0.25, -0.2) is 0 Å². The molecular weight excluding hydrogens is 282 g/mol. The smallest absolute Gasteiger partial charge is 0.220 e. The van der Waals surface area contributed by atoms with E-state index in [1.165, 1.54) is 31.2 Å². The molecule has 4 heteroatoms. The molecule has 1 spiro atoms. The predicted octanol–water partition coefficient (Wildman–Crippen LogP) is 3.14. The maximum atomic E-state index is 12.3. The molecule has 3 nitrogen and oxygen atoms in total. The predicted molar refractivity (Wildman–Crippen MR) is 83.3 cm³/mol. The fraction of sp³-hybridized carbons (Fsp3) is 0.706. The van der Waals surface area contributed by atoms with Gasteiger partial charge in [-0.1, -0.05) is 12.8 Å². The molecule has 0 bridgehead atoms. The molecule has 1 aliphatic heterocycles. The number of hydrogen-bond donors (Lipinski definition) is 1. The SMILES string of the molecule is O=C(CCc1ccsc1)N[C@@H]1[C@H]2CCO[C@@H]2C12CCCC2. The third-order valence-corrected chi connectivity index (χ3v) is 6.56. The van der Waals surface area contributed by atoms with E-state index in [9.17, 15) is 4.79 Å². The number of thiophene rings is 1. The molecule has 2 heterocycles. The van der Waals surface area contributed by atoms with E-state index in [0.29, 0.717) is 24.5 Å². The summed E-state index contributed by atoms with van der Waals surface area (Å²) in [5, 5.41) is 7.58. The zero-order valence-corrected chi connectivity index (χ0v) is 13.2. The van der Waals surface area contributed by atoms with Gasteiger partial charge in [0.2, 0.25) is 5.91 Å². The lowest BCUT2D eigenvalue weighted by Crippen LogP contribution is -2.68. The van der Waals surface area contributed by atoms with E-state index < -0.39 is 0 Å². The van der Waals surface area contributed by atoms with Crippen molar-refractivity contribution in [1.82, 2.24) is 5.32 Å². The molecule has 3 atom stereocenters. The highest BCUT2D eigenvalue weighted by Gasteiger charge is 2.65. The highest BCUT2D eigenvalue weighted by atomic mass is 32.1. The summed E-state index contributed by atoms with van der Waals surface area (Å²) in [6.45, 7) is 0.887. The summed E-state index contributed by atoms with van der Waals surface area (Å²) in [6, 6.07) is 2.49. The second-order valence-electron chi connectivity index (χ2n) is 6.86. The summed E-state index contributed by atoms with van der Waals surface area (Å²) in [4.78, 5) is 12.3. The molecule has 1 N–H and O–H groups in total. The largest absolute Gasteiger partial charge is 0.377 e. The lowest BCUT2D eigenvalue weighted by molar-refractivity contribution is -0.145. The highest BCUT2D eigenvalue weighted by Crippen LogP contribution is 2.60. The minimum atomic E-state index is 0.225. The van der Waals surface area contributed by atoms with Gasteiger partial charge in [-0.3, -0.25) is 4.79 Å². The molecule has 0 radical (unpaired) electrons. The van der Waals surface area contributed by atoms with Crippen molar-refractivity contribution in [3.63, 3.8) is 0 Å². The minimum Gasteiger partial charge on any atom is -0.377 e. The normalized spacial score (nSPS) is 32.9. The molecular formula is C17H23NO2S. The summed E-state index contributed by atoms with van der Waals surface area (Å²) in [6.07, 6.45) is 8.11. The van der Waals surface area contributed by atoms with Crippen molar-refractivity contribution in [2.24, 2.45) is 11.3 Å². The van der Waals surface area contributed by atoms with Crippen LogP contribution in [0.4, 0.5) is 0 Å². The Kier molecular flexibility index (Phi) is 3.54. The topological polar surface area (TPSA) is 38.3 Å². The summed E-state index contributed by atoms with van der Waals surface area (Å²) in [5.74, 6) is 0.802. The van der Waals surface area contributed by atoms with Gasteiger partial charge in [-0.2, -0.15) is 11.3 Å². The van der Waals surface area contributed by atoms with Gasteiger partial charge in [-0.05, 0) is 48.1 Å². The Morgan fingerprint density at radius 2 is 2.29 bits per heavy atom. The molecule has 2 saturated carbocycles. The second kappa shape index (κ2) is 5.40. The number of carbonyl (C=O) groups excluding carboxylic acids is 1. The summed E-state index contributed by atoms with van der Waals surface area (Å²) >= 11 is 1.70. The molecule has 3 aliphatic rings. The fourth-order valence-electron chi connectivity index (χ4n) is 4.84. The molecule has 1 aromatic rings. The van der Waals surface area contributed by atoms with Crippen molar-refractivity contribution >= 4 is 17.2 Å². The van der Waals surface area contributed by atoms with E-state index in [0.717, 1.165) is 19.4 Å². The van der Waals surface area contributed by atoms with Gasteiger partial charge < -0.3 is 10.1 Å². The molecule has 0 unspecified atom stereocenters. The first-order valence-corrected chi connectivity index (χ1v) is 9.16. The molecule has 21 heavy (non-hydrogen) atoms. The monoisotopic (exact) mass is 305 g/mol. The Hall–Kier alpha value is -0.870. The van der Waals surface area contributed by atoms with Crippen molar-refractivity contribution in [3.05, 3.63) is 22.4 Å². The van der Waals surface area contributed by atoms with Gasteiger partial charge in [-0.15, -0.1) is 0 Å². The van der Waals surface area contributed by atoms with Crippen LogP contribution in [0.25, 0.3) is 0 Å². The van der Waals surface area contributed by atoms with Gasteiger partial charge in [0, 0.05) is 30.4 Å². The number of hydrogen-bond acceptors (Lipinski definition) is 3. The van der Waals surface area contributed by atoms with Crippen molar-refractivity contribution in [1.29, 1.82) is 0 Å². The molecule has 0 aromatic carbocycles. The highest BCUT2D eigenvalue weighted by molar-refractivity contribution is 7.07. The van der Waals surface area contributed by atoms with Gasteiger partial charge >= 0.3 is 0 Å².